The van der Waals surface area contributed by atoms with Gasteiger partial charge in [-0.25, -0.2) is 9.78 Å². The fourth-order valence-electron chi connectivity index (χ4n) is 1.88. The maximum atomic E-state index is 12.8. The zero-order valence-electron chi connectivity index (χ0n) is 11.4. The van der Waals surface area contributed by atoms with Crippen molar-refractivity contribution in [3.05, 3.63) is 11.1 Å². The van der Waals surface area contributed by atoms with Crippen LogP contribution in [0.1, 0.15) is 4.88 Å². The Hall–Kier alpha value is -1.39. The van der Waals surface area contributed by atoms with E-state index in [2.05, 4.69) is 15.0 Å². The van der Waals surface area contributed by atoms with E-state index in [4.69, 9.17) is 4.74 Å². The molecule has 10 heteroatoms. The number of alkyl halides is 3. The molecule has 1 saturated heterocycles. The summed E-state index contributed by atoms with van der Waals surface area (Å²) in [6, 6.07) is -0.634. The number of amides is 2. The molecule has 0 aromatic carbocycles. The van der Waals surface area contributed by atoms with Crippen LogP contribution in [-0.2, 0) is 16.1 Å². The smallest absolute Gasteiger partial charge is 0.379 e. The Kier molecular flexibility index (Phi) is 4.40. The molecule has 21 heavy (non-hydrogen) atoms. The molecule has 1 aliphatic rings. The van der Waals surface area contributed by atoms with E-state index < -0.39 is 30.9 Å². The molecule has 1 fully saturated rings. The van der Waals surface area contributed by atoms with Gasteiger partial charge in [0.15, 0.2) is 10.7 Å². The molecular weight excluding hydrogens is 311 g/mol. The van der Waals surface area contributed by atoms with Gasteiger partial charge < -0.3 is 14.4 Å². The van der Waals surface area contributed by atoms with Crippen LogP contribution in [0.25, 0.3) is 0 Å². The molecule has 1 aromatic heterocycles. The second-order valence-corrected chi connectivity index (χ2v) is 5.66. The number of halogens is 3. The van der Waals surface area contributed by atoms with E-state index in [0.717, 1.165) is 16.9 Å². The summed E-state index contributed by atoms with van der Waals surface area (Å²) in [6.45, 7) is -0.706. The quantitative estimate of drug-likeness (QED) is 0.921. The number of carbonyl (C=O) groups is 1. The molecule has 1 N–H and O–H groups in total. The average Bonchev–Trinajstić information content (AvgIpc) is 2.74. The van der Waals surface area contributed by atoms with Crippen molar-refractivity contribution in [3.8, 4) is 0 Å². The molecule has 0 aliphatic carbocycles. The minimum atomic E-state index is -4.51. The summed E-state index contributed by atoms with van der Waals surface area (Å²) in [5.74, 6) is 0. The number of urea groups is 1. The van der Waals surface area contributed by atoms with Crippen LogP contribution in [0.5, 0.6) is 0 Å². The molecule has 118 valence electrons. The Labute approximate surface area is 122 Å². The summed E-state index contributed by atoms with van der Waals surface area (Å²) in [6.07, 6.45) is -2.97. The lowest BCUT2D eigenvalue weighted by Crippen LogP contribution is -2.71. The summed E-state index contributed by atoms with van der Waals surface area (Å²) in [5.41, 5.74) is -2.27. The van der Waals surface area contributed by atoms with Crippen molar-refractivity contribution < 1.29 is 27.4 Å². The molecule has 1 aromatic rings. The predicted molar refractivity (Wildman–Crippen MR) is 69.2 cm³/mol. The van der Waals surface area contributed by atoms with Crippen LogP contribution >= 0.6 is 11.3 Å². The fraction of sp³-hybridized carbons (Fsp3) is 0.636. The van der Waals surface area contributed by atoms with E-state index in [0.29, 0.717) is 11.7 Å². The topological polar surface area (TPSA) is 63.7 Å². The lowest BCUT2D eigenvalue weighted by molar-refractivity contribution is -0.303. The van der Waals surface area contributed by atoms with Gasteiger partial charge in [0.05, 0.1) is 24.6 Å². The highest BCUT2D eigenvalue weighted by molar-refractivity contribution is 7.15. The maximum absolute atomic E-state index is 12.8. The van der Waals surface area contributed by atoms with E-state index in [1.54, 1.807) is 0 Å². The Bertz CT molecular complexity index is 514. The van der Waals surface area contributed by atoms with Gasteiger partial charge in [0.25, 0.3) is 0 Å². The molecule has 2 amide bonds. The summed E-state index contributed by atoms with van der Waals surface area (Å²) in [7, 11) is 2.51. The first kappa shape index (κ1) is 16.0. The molecule has 0 unspecified atom stereocenters. The minimum Gasteiger partial charge on any atom is -0.379 e. The highest BCUT2D eigenvalue weighted by Gasteiger charge is 2.63. The number of thiazole rings is 1. The molecule has 0 spiro atoms. The van der Waals surface area contributed by atoms with Gasteiger partial charge in [-0.15, -0.1) is 0 Å². The average molecular weight is 325 g/mol. The third-order valence-electron chi connectivity index (χ3n) is 3.14. The van der Waals surface area contributed by atoms with Crippen molar-refractivity contribution >= 4 is 22.5 Å². The third-order valence-corrected chi connectivity index (χ3v) is 4.03. The Morgan fingerprint density at radius 2 is 2.19 bits per heavy atom. The van der Waals surface area contributed by atoms with E-state index in [9.17, 15) is 18.0 Å². The zero-order valence-corrected chi connectivity index (χ0v) is 12.2. The lowest BCUT2D eigenvalue weighted by atomic mass is 9.93. The second-order valence-electron chi connectivity index (χ2n) is 4.55. The number of ether oxygens (including phenoxy) is 2. The molecule has 2 rings (SSSR count). The van der Waals surface area contributed by atoms with Gasteiger partial charge in [-0.05, 0) is 0 Å². The van der Waals surface area contributed by atoms with Crippen molar-refractivity contribution in [3.63, 3.8) is 0 Å². The number of nitrogens with zero attached hydrogens (tertiary/aromatic N) is 2. The number of carbonyl (C=O) groups excluding carboxylic acids is 1. The number of rotatable bonds is 4. The Morgan fingerprint density at radius 3 is 2.71 bits per heavy atom. The first-order valence-electron chi connectivity index (χ1n) is 5.93. The molecular formula is C11H14F3N3O3S. The number of likely N-dealkylation sites (tertiary alicyclic amines) is 1. The number of methoxy groups -OCH3 is 2. The van der Waals surface area contributed by atoms with Gasteiger partial charge in [-0.2, -0.15) is 13.2 Å². The van der Waals surface area contributed by atoms with Crippen molar-refractivity contribution in [1.82, 2.24) is 9.88 Å². The largest absolute Gasteiger partial charge is 0.420 e. The van der Waals surface area contributed by atoms with Crippen LogP contribution in [0.3, 0.4) is 0 Å². The van der Waals surface area contributed by atoms with Crippen LogP contribution in [0.15, 0.2) is 6.20 Å². The van der Waals surface area contributed by atoms with Crippen LogP contribution in [-0.4, -0.2) is 55.0 Å². The zero-order chi connectivity index (χ0) is 15.7. The highest BCUT2D eigenvalue weighted by Crippen LogP contribution is 2.40. The van der Waals surface area contributed by atoms with Crippen LogP contribution in [0.2, 0.25) is 0 Å². The first-order chi connectivity index (χ1) is 9.81. The minimum absolute atomic E-state index is 0.314. The number of nitrogens with one attached hydrogen (secondary N) is 1. The first-order valence-corrected chi connectivity index (χ1v) is 6.74. The number of aromatic nitrogens is 1. The molecule has 0 bridgehead atoms. The van der Waals surface area contributed by atoms with Gasteiger partial charge in [0.2, 0.25) is 0 Å². The van der Waals surface area contributed by atoms with Crippen LogP contribution in [0, 0.1) is 0 Å². The number of hydrogen-bond donors (Lipinski definition) is 1. The van der Waals surface area contributed by atoms with Gasteiger partial charge in [-0.3, -0.25) is 5.32 Å². The third kappa shape index (κ3) is 3.11. The lowest BCUT2D eigenvalue weighted by Gasteiger charge is -2.48. The maximum Gasteiger partial charge on any atom is 0.420 e. The van der Waals surface area contributed by atoms with Gasteiger partial charge in [-0.1, -0.05) is 11.3 Å². The van der Waals surface area contributed by atoms with E-state index in [-0.39, 0.29) is 0 Å². The Balaban J connectivity index is 1.91. The summed E-state index contributed by atoms with van der Waals surface area (Å²) in [4.78, 5) is 17.6. The van der Waals surface area contributed by atoms with Crippen molar-refractivity contribution in [2.24, 2.45) is 0 Å². The summed E-state index contributed by atoms with van der Waals surface area (Å²) in [5, 5.41) is 2.77. The van der Waals surface area contributed by atoms with Crippen molar-refractivity contribution in [2.75, 3.05) is 32.6 Å². The SMILES string of the molecule is COCc1cnc(NC(=O)N2CC(OC)(C(F)(F)F)C2)s1. The van der Waals surface area contributed by atoms with Gasteiger partial charge >= 0.3 is 12.2 Å². The highest BCUT2D eigenvalue weighted by atomic mass is 32.1. The van der Waals surface area contributed by atoms with Gasteiger partial charge in [0.1, 0.15) is 0 Å². The van der Waals surface area contributed by atoms with E-state index in [1.165, 1.54) is 24.6 Å². The molecule has 1 aliphatic heterocycles. The van der Waals surface area contributed by atoms with Crippen molar-refractivity contribution in [1.29, 1.82) is 0 Å². The summed E-state index contributed by atoms with van der Waals surface area (Å²) < 4.78 is 47.8. The van der Waals surface area contributed by atoms with Crippen LogP contribution in [0.4, 0.5) is 23.1 Å². The fourth-order valence-corrected chi connectivity index (χ4v) is 2.66. The molecule has 6 nitrogen and oxygen atoms in total. The number of hydrogen-bond acceptors (Lipinski definition) is 5. The standard InChI is InChI=1S/C11H14F3N3O3S/c1-19-4-7-3-15-8(21-7)16-9(18)17-5-10(6-17,20-2)11(12,13)14/h3H,4-6H2,1-2H3,(H,15,16,18). The normalized spacial score (nSPS) is 17.5. The summed E-state index contributed by atoms with van der Waals surface area (Å²) >= 11 is 1.20. The molecule has 2 heterocycles. The predicted octanol–water partition coefficient (Wildman–Crippen LogP) is 2.08. The number of anilines is 1. The van der Waals surface area contributed by atoms with E-state index >= 15 is 0 Å². The Morgan fingerprint density at radius 1 is 1.52 bits per heavy atom. The molecule has 0 saturated carbocycles. The van der Waals surface area contributed by atoms with E-state index in [1.807, 2.05) is 0 Å². The van der Waals surface area contributed by atoms with Gasteiger partial charge in [0, 0.05) is 20.4 Å². The molecule has 0 atom stereocenters. The van der Waals surface area contributed by atoms with Crippen LogP contribution < -0.4 is 5.32 Å². The van der Waals surface area contributed by atoms with Crippen molar-refractivity contribution in [2.45, 2.75) is 18.4 Å². The molecule has 0 radical (unpaired) electrons. The second kappa shape index (κ2) is 5.78. The monoisotopic (exact) mass is 325 g/mol.